The first-order valence-corrected chi connectivity index (χ1v) is 7.77. The molecule has 0 aliphatic heterocycles. The second kappa shape index (κ2) is 7.79. The molecule has 126 valence electrons. The molecule has 24 heavy (non-hydrogen) atoms. The minimum absolute atomic E-state index is 0.143. The normalized spacial score (nSPS) is 11.6. The number of nitrogens with one attached hydrogen (secondary N) is 1. The molecule has 2 rings (SSSR count). The molecule has 1 amide bonds. The minimum atomic E-state index is -0.565. The summed E-state index contributed by atoms with van der Waals surface area (Å²) in [6.45, 7) is 3.86. The predicted molar refractivity (Wildman–Crippen MR) is 91.6 cm³/mol. The average Bonchev–Trinajstić information content (AvgIpc) is 2.55. The van der Waals surface area contributed by atoms with Gasteiger partial charge in [0.25, 0.3) is 5.91 Å². The predicted octanol–water partition coefficient (Wildman–Crippen LogP) is 4.14. The van der Waals surface area contributed by atoms with Crippen LogP contribution in [0.4, 0.5) is 5.69 Å². The van der Waals surface area contributed by atoms with Crippen LogP contribution in [0.15, 0.2) is 42.5 Å². The second-order valence-electron chi connectivity index (χ2n) is 5.12. The lowest BCUT2D eigenvalue weighted by Crippen LogP contribution is -2.26. The van der Waals surface area contributed by atoms with Crippen LogP contribution >= 0.6 is 11.6 Å². The Kier molecular flexibility index (Phi) is 5.76. The van der Waals surface area contributed by atoms with E-state index in [1.54, 1.807) is 19.1 Å². The maximum absolute atomic E-state index is 12.3. The van der Waals surface area contributed by atoms with Gasteiger partial charge in [-0.3, -0.25) is 14.9 Å². The number of nitro benzene ring substituents is 1. The number of benzene rings is 2. The summed E-state index contributed by atoms with van der Waals surface area (Å²) < 4.78 is 5.21. The molecule has 7 heteroatoms. The number of nitro groups is 1. The summed E-state index contributed by atoms with van der Waals surface area (Å²) in [4.78, 5) is 22.9. The Morgan fingerprint density at radius 1 is 1.29 bits per heavy atom. The first kappa shape index (κ1) is 17.7. The maximum atomic E-state index is 12.3. The molecular formula is C17H17ClN2O4. The van der Waals surface area contributed by atoms with Crippen LogP contribution in [-0.4, -0.2) is 17.4 Å². The summed E-state index contributed by atoms with van der Waals surface area (Å²) in [7, 11) is 0. The Morgan fingerprint density at radius 2 is 1.96 bits per heavy atom. The lowest BCUT2D eigenvalue weighted by Gasteiger charge is -2.15. The Hall–Kier alpha value is -2.60. The molecule has 2 aromatic carbocycles. The smallest absolute Gasteiger partial charge is 0.311 e. The van der Waals surface area contributed by atoms with E-state index in [1.165, 1.54) is 18.2 Å². The van der Waals surface area contributed by atoms with Crippen molar-refractivity contribution in [3.63, 3.8) is 0 Å². The van der Waals surface area contributed by atoms with E-state index in [1.807, 2.05) is 19.1 Å². The van der Waals surface area contributed by atoms with E-state index in [4.69, 9.17) is 16.3 Å². The zero-order valence-corrected chi connectivity index (χ0v) is 14.0. The molecule has 0 spiro atoms. The number of ether oxygens (including phenoxy) is 1. The van der Waals surface area contributed by atoms with Crippen LogP contribution in [0.2, 0.25) is 5.02 Å². The van der Waals surface area contributed by atoms with Gasteiger partial charge in [0.15, 0.2) is 5.75 Å². The number of halogens is 1. The van der Waals surface area contributed by atoms with Gasteiger partial charge in [-0.25, -0.2) is 0 Å². The van der Waals surface area contributed by atoms with Crippen LogP contribution in [-0.2, 0) is 0 Å². The van der Waals surface area contributed by atoms with Crippen molar-refractivity contribution in [2.45, 2.75) is 19.9 Å². The van der Waals surface area contributed by atoms with Crippen LogP contribution < -0.4 is 10.1 Å². The van der Waals surface area contributed by atoms with Crippen LogP contribution in [0.1, 0.15) is 35.8 Å². The number of carbonyl (C=O) groups is 1. The zero-order chi connectivity index (χ0) is 17.7. The van der Waals surface area contributed by atoms with E-state index in [-0.39, 0.29) is 23.0 Å². The van der Waals surface area contributed by atoms with E-state index < -0.39 is 10.8 Å². The fraction of sp³-hybridized carbons (Fsp3) is 0.235. The van der Waals surface area contributed by atoms with Crippen molar-refractivity contribution in [1.29, 1.82) is 0 Å². The largest absolute Gasteiger partial charge is 0.487 e. The van der Waals surface area contributed by atoms with Gasteiger partial charge in [0.05, 0.1) is 17.6 Å². The monoisotopic (exact) mass is 348 g/mol. The standard InChI is InChI=1S/C17H17ClN2O4/c1-3-24-16-9-6-13(10-15(16)20(22)23)17(21)19-11(2)12-4-7-14(18)8-5-12/h4-11H,3H2,1-2H3,(H,19,21)/t11-/m1/s1. The highest BCUT2D eigenvalue weighted by Gasteiger charge is 2.19. The molecule has 0 aromatic heterocycles. The third-order valence-electron chi connectivity index (χ3n) is 3.44. The molecule has 6 nitrogen and oxygen atoms in total. The van der Waals surface area contributed by atoms with Crippen LogP contribution in [0.25, 0.3) is 0 Å². The lowest BCUT2D eigenvalue weighted by atomic mass is 10.1. The van der Waals surface area contributed by atoms with Gasteiger partial charge in [-0.05, 0) is 43.7 Å². The molecule has 1 atom stereocenters. The SMILES string of the molecule is CCOc1ccc(C(=O)N[C@H](C)c2ccc(Cl)cc2)cc1[N+](=O)[O-]. The van der Waals surface area contributed by atoms with E-state index in [2.05, 4.69) is 5.32 Å². The molecule has 0 aliphatic rings. The fourth-order valence-corrected chi connectivity index (χ4v) is 2.32. The van der Waals surface area contributed by atoms with Crippen molar-refractivity contribution in [2.24, 2.45) is 0 Å². The summed E-state index contributed by atoms with van der Waals surface area (Å²) in [6, 6.07) is 11.0. The molecule has 0 fully saturated rings. The summed E-state index contributed by atoms with van der Waals surface area (Å²) in [6.07, 6.45) is 0. The maximum Gasteiger partial charge on any atom is 0.311 e. The highest BCUT2D eigenvalue weighted by atomic mass is 35.5. The average molecular weight is 349 g/mol. The number of nitrogens with zero attached hydrogens (tertiary/aromatic N) is 1. The first-order valence-electron chi connectivity index (χ1n) is 7.40. The van der Waals surface area contributed by atoms with Crippen LogP contribution in [0, 0.1) is 10.1 Å². The van der Waals surface area contributed by atoms with Crippen molar-refractivity contribution < 1.29 is 14.5 Å². The lowest BCUT2D eigenvalue weighted by molar-refractivity contribution is -0.385. The van der Waals surface area contributed by atoms with Crippen molar-refractivity contribution in [3.05, 3.63) is 68.7 Å². The van der Waals surface area contributed by atoms with E-state index >= 15 is 0 Å². The third kappa shape index (κ3) is 4.23. The Morgan fingerprint density at radius 3 is 2.54 bits per heavy atom. The molecule has 0 saturated heterocycles. The number of hydrogen-bond donors (Lipinski definition) is 1. The minimum Gasteiger partial charge on any atom is -0.487 e. The summed E-state index contributed by atoms with van der Waals surface area (Å²) >= 11 is 5.84. The zero-order valence-electron chi connectivity index (χ0n) is 13.3. The van der Waals surface area contributed by atoms with Crippen LogP contribution in [0.5, 0.6) is 5.75 Å². The Balaban J connectivity index is 2.18. The number of amides is 1. The summed E-state index contributed by atoms with van der Waals surface area (Å²) in [5, 5.41) is 14.5. The van der Waals surface area contributed by atoms with E-state index in [9.17, 15) is 14.9 Å². The Bertz CT molecular complexity index is 747. The van der Waals surface area contributed by atoms with Gasteiger partial charge < -0.3 is 10.1 Å². The molecule has 0 heterocycles. The van der Waals surface area contributed by atoms with Gasteiger partial charge in [0.2, 0.25) is 0 Å². The first-order chi connectivity index (χ1) is 11.4. The van der Waals surface area contributed by atoms with Crippen molar-refractivity contribution in [2.75, 3.05) is 6.61 Å². The number of hydrogen-bond acceptors (Lipinski definition) is 4. The van der Waals surface area contributed by atoms with Gasteiger partial charge in [0, 0.05) is 16.7 Å². The van der Waals surface area contributed by atoms with Gasteiger partial charge in [-0.2, -0.15) is 0 Å². The molecule has 2 aromatic rings. The second-order valence-corrected chi connectivity index (χ2v) is 5.56. The van der Waals surface area contributed by atoms with E-state index in [0.717, 1.165) is 5.56 Å². The quantitative estimate of drug-likeness (QED) is 0.628. The summed E-state index contributed by atoms with van der Waals surface area (Å²) in [5.74, 6) is -0.256. The van der Waals surface area contributed by atoms with Gasteiger partial charge >= 0.3 is 5.69 Å². The topological polar surface area (TPSA) is 81.5 Å². The van der Waals surface area contributed by atoms with Crippen molar-refractivity contribution in [3.8, 4) is 5.75 Å². The highest BCUT2D eigenvalue weighted by molar-refractivity contribution is 6.30. The molecule has 0 unspecified atom stereocenters. The number of carbonyl (C=O) groups excluding carboxylic acids is 1. The van der Waals surface area contributed by atoms with Gasteiger partial charge in [-0.1, -0.05) is 23.7 Å². The summed E-state index contributed by atoms with van der Waals surface area (Å²) in [5.41, 5.74) is 0.850. The van der Waals surface area contributed by atoms with Gasteiger partial charge in [0.1, 0.15) is 0 Å². The molecule has 0 saturated carbocycles. The molecule has 1 N–H and O–H groups in total. The van der Waals surface area contributed by atoms with E-state index in [0.29, 0.717) is 11.6 Å². The van der Waals surface area contributed by atoms with Crippen LogP contribution in [0.3, 0.4) is 0 Å². The van der Waals surface area contributed by atoms with Crippen molar-refractivity contribution >= 4 is 23.2 Å². The van der Waals surface area contributed by atoms with Crippen molar-refractivity contribution in [1.82, 2.24) is 5.32 Å². The Labute approximate surface area is 144 Å². The van der Waals surface area contributed by atoms with Gasteiger partial charge in [-0.15, -0.1) is 0 Å². The third-order valence-corrected chi connectivity index (χ3v) is 3.69. The molecule has 0 bridgehead atoms. The molecule has 0 radical (unpaired) electrons. The number of rotatable bonds is 6. The molecule has 0 aliphatic carbocycles. The highest BCUT2D eigenvalue weighted by Crippen LogP contribution is 2.28. The fourth-order valence-electron chi connectivity index (χ4n) is 2.19. The molecular weight excluding hydrogens is 332 g/mol.